The lowest BCUT2D eigenvalue weighted by Crippen LogP contribution is -2.18. The highest BCUT2D eigenvalue weighted by Gasteiger charge is 2.24. The second kappa shape index (κ2) is 5.87. The Hall–Kier alpha value is -1.28. The fraction of sp³-hybridized carbons (Fsp3) is 0.467. The largest absolute Gasteiger partial charge is 0.489 e. The summed E-state index contributed by atoms with van der Waals surface area (Å²) in [7, 11) is 0. The van der Waals surface area contributed by atoms with E-state index in [4.69, 9.17) is 4.74 Å². The molecular formula is C15H21NO. The molecule has 0 amide bonds. The molecule has 1 aromatic rings. The van der Waals surface area contributed by atoms with E-state index in [1.807, 2.05) is 19.1 Å². The molecule has 0 saturated heterocycles. The minimum Gasteiger partial charge on any atom is -0.489 e. The Labute approximate surface area is 104 Å². The smallest absolute Gasteiger partial charge is 0.123 e. The number of ether oxygens (including phenoxy) is 1. The number of fused-ring (bicyclic) bond motifs is 1. The first-order valence-corrected chi connectivity index (χ1v) is 6.46. The number of rotatable bonds is 5. The third-order valence-electron chi connectivity index (χ3n) is 3.25. The average Bonchev–Trinajstić information content (AvgIpc) is 2.75. The van der Waals surface area contributed by atoms with E-state index >= 15 is 0 Å². The van der Waals surface area contributed by atoms with Crippen molar-refractivity contribution in [1.82, 2.24) is 5.32 Å². The summed E-state index contributed by atoms with van der Waals surface area (Å²) in [4.78, 5) is 0. The molecule has 1 aliphatic carbocycles. The number of benzene rings is 1. The van der Waals surface area contributed by atoms with Crippen LogP contribution in [0.2, 0.25) is 0 Å². The van der Waals surface area contributed by atoms with Crippen molar-refractivity contribution in [3.05, 3.63) is 41.5 Å². The Balaban J connectivity index is 2.14. The van der Waals surface area contributed by atoms with Gasteiger partial charge in [0.25, 0.3) is 0 Å². The van der Waals surface area contributed by atoms with E-state index in [0.717, 1.165) is 18.7 Å². The van der Waals surface area contributed by atoms with Crippen LogP contribution >= 0.6 is 0 Å². The van der Waals surface area contributed by atoms with Crippen LogP contribution in [0.1, 0.15) is 37.4 Å². The SMILES string of the molecule is CC=CCOc1cccc2c1CCC2NCC. The van der Waals surface area contributed by atoms with Crippen molar-refractivity contribution in [3.8, 4) is 5.75 Å². The van der Waals surface area contributed by atoms with E-state index in [9.17, 15) is 0 Å². The molecule has 1 aliphatic rings. The van der Waals surface area contributed by atoms with Crippen LogP contribution in [0.15, 0.2) is 30.4 Å². The molecule has 0 aliphatic heterocycles. The lowest BCUT2D eigenvalue weighted by atomic mass is 10.1. The molecule has 2 heteroatoms. The molecule has 1 atom stereocenters. The van der Waals surface area contributed by atoms with Crippen molar-refractivity contribution in [2.75, 3.05) is 13.2 Å². The lowest BCUT2D eigenvalue weighted by Gasteiger charge is -2.13. The first-order chi connectivity index (χ1) is 8.36. The van der Waals surface area contributed by atoms with Gasteiger partial charge in [-0.15, -0.1) is 0 Å². The first kappa shape index (κ1) is 12.2. The molecule has 17 heavy (non-hydrogen) atoms. The van der Waals surface area contributed by atoms with E-state index in [1.54, 1.807) is 0 Å². The summed E-state index contributed by atoms with van der Waals surface area (Å²) < 4.78 is 5.80. The summed E-state index contributed by atoms with van der Waals surface area (Å²) in [6, 6.07) is 6.91. The van der Waals surface area contributed by atoms with Gasteiger partial charge in [-0.1, -0.05) is 31.2 Å². The summed E-state index contributed by atoms with van der Waals surface area (Å²) >= 11 is 0. The highest BCUT2D eigenvalue weighted by molar-refractivity contribution is 5.45. The van der Waals surface area contributed by atoms with Gasteiger partial charge in [0.2, 0.25) is 0 Å². The second-order valence-electron chi connectivity index (χ2n) is 4.35. The molecule has 0 saturated carbocycles. The zero-order valence-corrected chi connectivity index (χ0v) is 10.7. The van der Waals surface area contributed by atoms with Crippen molar-refractivity contribution in [1.29, 1.82) is 0 Å². The minimum absolute atomic E-state index is 0.514. The highest BCUT2D eigenvalue weighted by atomic mass is 16.5. The van der Waals surface area contributed by atoms with Gasteiger partial charge in [0, 0.05) is 6.04 Å². The maximum absolute atomic E-state index is 5.80. The maximum Gasteiger partial charge on any atom is 0.123 e. The Kier molecular flexibility index (Phi) is 4.21. The van der Waals surface area contributed by atoms with Gasteiger partial charge in [-0.3, -0.25) is 0 Å². The number of allylic oxidation sites excluding steroid dienone is 1. The molecule has 0 aromatic heterocycles. The predicted molar refractivity (Wildman–Crippen MR) is 71.5 cm³/mol. The van der Waals surface area contributed by atoms with Crippen LogP contribution in [0.4, 0.5) is 0 Å². The third-order valence-corrected chi connectivity index (χ3v) is 3.25. The van der Waals surface area contributed by atoms with Gasteiger partial charge in [0.15, 0.2) is 0 Å². The van der Waals surface area contributed by atoms with Gasteiger partial charge in [-0.2, -0.15) is 0 Å². The third kappa shape index (κ3) is 2.70. The fourth-order valence-electron chi connectivity index (χ4n) is 2.45. The zero-order chi connectivity index (χ0) is 12.1. The number of nitrogens with one attached hydrogen (secondary N) is 1. The summed E-state index contributed by atoms with van der Waals surface area (Å²) in [5, 5.41) is 3.53. The Morgan fingerprint density at radius 3 is 3.12 bits per heavy atom. The number of hydrogen-bond acceptors (Lipinski definition) is 2. The molecule has 1 aromatic carbocycles. The van der Waals surface area contributed by atoms with Gasteiger partial charge in [0.05, 0.1) is 0 Å². The first-order valence-electron chi connectivity index (χ1n) is 6.46. The Bertz CT molecular complexity index is 398. The molecule has 0 bridgehead atoms. The van der Waals surface area contributed by atoms with Crippen LogP contribution in [0.5, 0.6) is 5.75 Å². The molecule has 2 nitrogen and oxygen atoms in total. The van der Waals surface area contributed by atoms with Crippen molar-refractivity contribution in [2.24, 2.45) is 0 Å². The standard InChI is InChI=1S/C15H21NO/c1-3-5-11-17-15-8-6-7-12-13(15)9-10-14(12)16-4-2/h3,5-8,14,16H,4,9-11H2,1-2H3. The Morgan fingerprint density at radius 1 is 1.47 bits per heavy atom. The van der Waals surface area contributed by atoms with Crippen LogP contribution in [0.3, 0.4) is 0 Å². The molecule has 0 radical (unpaired) electrons. The van der Waals surface area contributed by atoms with Crippen molar-refractivity contribution >= 4 is 0 Å². The summed E-state index contributed by atoms with van der Waals surface area (Å²) in [6.45, 7) is 5.86. The van der Waals surface area contributed by atoms with E-state index in [1.165, 1.54) is 17.5 Å². The monoisotopic (exact) mass is 231 g/mol. The minimum atomic E-state index is 0.514. The van der Waals surface area contributed by atoms with Crippen LogP contribution in [-0.4, -0.2) is 13.2 Å². The second-order valence-corrected chi connectivity index (χ2v) is 4.35. The maximum atomic E-state index is 5.80. The molecule has 1 unspecified atom stereocenters. The molecular weight excluding hydrogens is 210 g/mol. The molecule has 92 valence electrons. The molecule has 1 N–H and O–H groups in total. The van der Waals surface area contributed by atoms with Gasteiger partial charge < -0.3 is 10.1 Å². The molecule has 0 fully saturated rings. The van der Waals surface area contributed by atoms with Gasteiger partial charge >= 0.3 is 0 Å². The summed E-state index contributed by atoms with van der Waals surface area (Å²) in [6.07, 6.45) is 6.37. The van der Waals surface area contributed by atoms with Crippen LogP contribution < -0.4 is 10.1 Å². The molecule has 0 heterocycles. The highest BCUT2D eigenvalue weighted by Crippen LogP contribution is 2.36. The zero-order valence-electron chi connectivity index (χ0n) is 10.7. The molecule has 2 rings (SSSR count). The van der Waals surface area contributed by atoms with Crippen molar-refractivity contribution in [3.63, 3.8) is 0 Å². The van der Waals surface area contributed by atoms with E-state index in [2.05, 4.69) is 30.4 Å². The van der Waals surface area contributed by atoms with Crippen LogP contribution in [0.25, 0.3) is 0 Å². The van der Waals surface area contributed by atoms with Gasteiger partial charge in [-0.05, 0) is 43.5 Å². The van der Waals surface area contributed by atoms with Crippen LogP contribution in [-0.2, 0) is 6.42 Å². The fourth-order valence-corrected chi connectivity index (χ4v) is 2.45. The predicted octanol–water partition coefficient (Wildman–Crippen LogP) is 3.24. The van der Waals surface area contributed by atoms with Gasteiger partial charge in [-0.25, -0.2) is 0 Å². The lowest BCUT2D eigenvalue weighted by molar-refractivity contribution is 0.359. The van der Waals surface area contributed by atoms with Crippen LogP contribution in [0, 0.1) is 0 Å². The van der Waals surface area contributed by atoms with E-state index < -0.39 is 0 Å². The quantitative estimate of drug-likeness (QED) is 0.785. The number of hydrogen-bond donors (Lipinski definition) is 1. The average molecular weight is 231 g/mol. The molecule has 0 spiro atoms. The van der Waals surface area contributed by atoms with E-state index in [-0.39, 0.29) is 0 Å². The summed E-state index contributed by atoms with van der Waals surface area (Å²) in [5.41, 5.74) is 2.81. The summed E-state index contributed by atoms with van der Waals surface area (Å²) in [5.74, 6) is 1.06. The van der Waals surface area contributed by atoms with Crippen molar-refractivity contribution < 1.29 is 4.74 Å². The normalized spacial score (nSPS) is 18.6. The van der Waals surface area contributed by atoms with Crippen molar-refractivity contribution in [2.45, 2.75) is 32.7 Å². The topological polar surface area (TPSA) is 21.3 Å². The Morgan fingerprint density at radius 2 is 2.35 bits per heavy atom. The van der Waals surface area contributed by atoms with Gasteiger partial charge in [0.1, 0.15) is 12.4 Å². The van der Waals surface area contributed by atoms with E-state index in [0.29, 0.717) is 12.6 Å².